The first-order valence-electron chi connectivity index (χ1n) is 10.4. The third-order valence-electron chi connectivity index (χ3n) is 5.09. The SMILES string of the molecule is CCOc1ccc(C2Oc3nc(SC)nnc3-c3cc(Cl)ccc3N2C(=O)CC)cc1OC. The molecule has 2 heterocycles. The summed E-state index contributed by atoms with van der Waals surface area (Å²) < 4.78 is 17.6. The smallest absolute Gasteiger partial charge is 0.247 e. The molecule has 8 nitrogen and oxygen atoms in total. The van der Waals surface area contributed by atoms with Crippen molar-refractivity contribution in [2.24, 2.45) is 0 Å². The molecular formula is C23H23ClN4O4S. The molecule has 0 radical (unpaired) electrons. The van der Waals surface area contributed by atoms with Gasteiger partial charge in [-0.1, -0.05) is 30.3 Å². The fourth-order valence-corrected chi connectivity index (χ4v) is 4.06. The van der Waals surface area contributed by atoms with Crippen molar-refractivity contribution < 1.29 is 19.0 Å². The molecule has 1 amide bonds. The maximum Gasteiger partial charge on any atom is 0.247 e. The lowest BCUT2D eigenvalue weighted by Crippen LogP contribution is -2.37. The number of aromatic nitrogens is 3. The molecule has 1 aliphatic rings. The number of anilines is 1. The van der Waals surface area contributed by atoms with Gasteiger partial charge in [0.2, 0.25) is 23.2 Å². The number of carbonyl (C=O) groups is 1. The first kappa shape index (κ1) is 23.1. The molecule has 0 N–H and O–H groups in total. The second kappa shape index (κ2) is 9.84. The van der Waals surface area contributed by atoms with Gasteiger partial charge >= 0.3 is 0 Å². The molecule has 172 valence electrons. The van der Waals surface area contributed by atoms with Gasteiger partial charge in [0.05, 0.1) is 19.4 Å². The third kappa shape index (κ3) is 4.43. The summed E-state index contributed by atoms with van der Waals surface area (Å²) in [5, 5.41) is 9.47. The Morgan fingerprint density at radius 3 is 2.70 bits per heavy atom. The number of benzene rings is 2. The van der Waals surface area contributed by atoms with E-state index in [1.807, 2.05) is 19.2 Å². The topological polar surface area (TPSA) is 86.7 Å². The summed E-state index contributed by atoms with van der Waals surface area (Å²) >= 11 is 7.66. The molecular weight excluding hydrogens is 464 g/mol. The van der Waals surface area contributed by atoms with Crippen molar-refractivity contribution >= 4 is 35.0 Å². The van der Waals surface area contributed by atoms with Crippen molar-refractivity contribution in [2.75, 3.05) is 24.9 Å². The Balaban J connectivity index is 1.95. The van der Waals surface area contributed by atoms with Crippen LogP contribution in [0.4, 0.5) is 5.69 Å². The van der Waals surface area contributed by atoms with Crippen LogP contribution < -0.4 is 19.1 Å². The normalized spacial score (nSPS) is 14.6. The van der Waals surface area contributed by atoms with E-state index in [-0.39, 0.29) is 18.2 Å². The standard InChI is InChI=1S/C23H23ClN4O4S/c1-5-19(29)28-16-9-8-14(24)12-15(16)20-21(25-23(33-4)27-26-20)32-22(28)13-7-10-17(31-6-2)18(11-13)30-3/h7-12,22H,5-6H2,1-4H3. The van der Waals surface area contributed by atoms with Crippen molar-refractivity contribution in [3.63, 3.8) is 0 Å². The molecule has 3 aromatic rings. The number of hydrogen-bond acceptors (Lipinski definition) is 8. The van der Waals surface area contributed by atoms with Crippen LogP contribution in [-0.2, 0) is 4.79 Å². The third-order valence-corrected chi connectivity index (χ3v) is 5.87. The van der Waals surface area contributed by atoms with Gasteiger partial charge in [-0.3, -0.25) is 9.69 Å². The lowest BCUT2D eigenvalue weighted by atomic mass is 10.1. The fourth-order valence-electron chi connectivity index (χ4n) is 3.59. The van der Waals surface area contributed by atoms with Crippen LogP contribution in [0.5, 0.6) is 17.4 Å². The van der Waals surface area contributed by atoms with Gasteiger partial charge < -0.3 is 14.2 Å². The molecule has 0 spiro atoms. The Bertz CT molecular complexity index is 1190. The predicted octanol–water partition coefficient (Wildman–Crippen LogP) is 5.16. The summed E-state index contributed by atoms with van der Waals surface area (Å²) in [7, 11) is 1.57. The number of halogens is 1. The molecule has 33 heavy (non-hydrogen) atoms. The lowest BCUT2D eigenvalue weighted by molar-refractivity contribution is -0.120. The maximum atomic E-state index is 13.2. The fraction of sp³-hybridized carbons (Fsp3) is 0.304. The van der Waals surface area contributed by atoms with E-state index in [9.17, 15) is 4.79 Å². The zero-order valence-corrected chi connectivity index (χ0v) is 20.2. The number of rotatable bonds is 6. The Morgan fingerprint density at radius 1 is 1.18 bits per heavy atom. The molecule has 1 aromatic heterocycles. The van der Waals surface area contributed by atoms with Crippen molar-refractivity contribution in [3.05, 3.63) is 47.0 Å². The van der Waals surface area contributed by atoms with Crippen LogP contribution in [0.15, 0.2) is 41.6 Å². The Morgan fingerprint density at radius 2 is 2.00 bits per heavy atom. The first-order valence-corrected chi connectivity index (χ1v) is 12.0. The highest BCUT2D eigenvalue weighted by Gasteiger charge is 2.36. The largest absolute Gasteiger partial charge is 0.493 e. The van der Waals surface area contributed by atoms with Crippen LogP contribution in [0.25, 0.3) is 11.3 Å². The van der Waals surface area contributed by atoms with Crippen LogP contribution in [-0.4, -0.2) is 41.1 Å². The molecule has 0 fully saturated rings. The lowest BCUT2D eigenvalue weighted by Gasteiger charge is -2.31. The van der Waals surface area contributed by atoms with E-state index >= 15 is 0 Å². The average molecular weight is 487 g/mol. The number of carbonyl (C=O) groups excluding carboxylic acids is 1. The number of methoxy groups -OCH3 is 1. The van der Waals surface area contributed by atoms with E-state index in [2.05, 4.69) is 15.2 Å². The quantitative estimate of drug-likeness (QED) is 0.442. The molecule has 0 saturated heterocycles. The maximum absolute atomic E-state index is 13.2. The predicted molar refractivity (Wildman–Crippen MR) is 127 cm³/mol. The van der Waals surface area contributed by atoms with E-state index in [1.165, 1.54) is 11.8 Å². The average Bonchev–Trinajstić information content (AvgIpc) is 2.97. The van der Waals surface area contributed by atoms with Crippen molar-refractivity contribution in [1.29, 1.82) is 0 Å². The Hall–Kier alpha value is -3.04. The highest BCUT2D eigenvalue weighted by atomic mass is 35.5. The van der Waals surface area contributed by atoms with Crippen LogP contribution >= 0.6 is 23.4 Å². The minimum Gasteiger partial charge on any atom is -0.493 e. The summed E-state index contributed by atoms with van der Waals surface area (Å²) in [5.41, 5.74) is 2.33. The molecule has 0 bridgehead atoms. The summed E-state index contributed by atoms with van der Waals surface area (Å²) in [6.45, 7) is 4.20. The van der Waals surface area contributed by atoms with Gasteiger partial charge in [0.25, 0.3) is 0 Å². The monoisotopic (exact) mass is 486 g/mol. The highest BCUT2D eigenvalue weighted by Crippen LogP contribution is 2.45. The Labute approximate surface area is 201 Å². The minimum atomic E-state index is -0.824. The number of nitrogens with zero attached hydrogens (tertiary/aromatic N) is 4. The number of hydrogen-bond donors (Lipinski definition) is 0. The zero-order chi connectivity index (χ0) is 23.5. The molecule has 10 heteroatoms. The summed E-state index contributed by atoms with van der Waals surface area (Å²) in [6.07, 6.45) is 1.29. The van der Waals surface area contributed by atoms with Crippen LogP contribution in [0, 0.1) is 0 Å². The molecule has 1 unspecified atom stereocenters. The van der Waals surface area contributed by atoms with Gasteiger partial charge in [-0.15, -0.1) is 10.2 Å². The second-order valence-corrected chi connectivity index (χ2v) is 8.25. The second-order valence-electron chi connectivity index (χ2n) is 7.04. The van der Waals surface area contributed by atoms with Gasteiger partial charge in [0.1, 0.15) is 0 Å². The zero-order valence-electron chi connectivity index (χ0n) is 18.7. The molecule has 2 aromatic carbocycles. The number of amides is 1. The highest BCUT2D eigenvalue weighted by molar-refractivity contribution is 7.98. The molecule has 0 aliphatic carbocycles. The van der Waals surface area contributed by atoms with E-state index in [0.29, 0.717) is 50.8 Å². The van der Waals surface area contributed by atoms with Crippen molar-refractivity contribution in [3.8, 4) is 28.6 Å². The van der Waals surface area contributed by atoms with Gasteiger partial charge in [0, 0.05) is 22.6 Å². The van der Waals surface area contributed by atoms with Crippen LogP contribution in [0.3, 0.4) is 0 Å². The van der Waals surface area contributed by atoms with E-state index in [1.54, 1.807) is 49.3 Å². The molecule has 1 atom stereocenters. The summed E-state index contributed by atoms with van der Waals surface area (Å²) in [4.78, 5) is 19.4. The number of fused-ring (bicyclic) bond motifs is 3. The molecule has 4 rings (SSSR count). The minimum absolute atomic E-state index is 0.137. The van der Waals surface area contributed by atoms with Crippen LogP contribution in [0.2, 0.25) is 5.02 Å². The van der Waals surface area contributed by atoms with E-state index < -0.39 is 6.23 Å². The van der Waals surface area contributed by atoms with Gasteiger partial charge in [-0.05, 0) is 49.6 Å². The van der Waals surface area contributed by atoms with Crippen molar-refractivity contribution in [2.45, 2.75) is 31.7 Å². The van der Waals surface area contributed by atoms with E-state index in [4.69, 9.17) is 25.8 Å². The van der Waals surface area contributed by atoms with Crippen molar-refractivity contribution in [1.82, 2.24) is 15.2 Å². The van der Waals surface area contributed by atoms with Gasteiger partial charge in [-0.2, -0.15) is 4.98 Å². The number of thioether (sulfide) groups is 1. The van der Waals surface area contributed by atoms with Gasteiger partial charge in [0.15, 0.2) is 17.2 Å². The summed E-state index contributed by atoms with van der Waals surface area (Å²) in [5.74, 6) is 1.27. The van der Waals surface area contributed by atoms with Gasteiger partial charge in [-0.25, -0.2) is 0 Å². The Kier molecular flexibility index (Phi) is 6.90. The van der Waals surface area contributed by atoms with Crippen LogP contribution in [0.1, 0.15) is 32.1 Å². The van der Waals surface area contributed by atoms with E-state index in [0.717, 1.165) is 0 Å². The summed E-state index contributed by atoms with van der Waals surface area (Å²) in [6, 6.07) is 10.7. The molecule has 0 saturated carbocycles. The first-order chi connectivity index (χ1) is 16.0. The number of ether oxygens (including phenoxy) is 3. The molecule has 1 aliphatic heterocycles.